The van der Waals surface area contributed by atoms with E-state index in [4.69, 9.17) is 5.11 Å². The number of carboxylic acid groups (broad SMARTS) is 1. The molecule has 1 atom stereocenters. The van der Waals surface area contributed by atoms with Crippen molar-refractivity contribution in [1.82, 2.24) is 10.6 Å². The van der Waals surface area contributed by atoms with Gasteiger partial charge in [-0.1, -0.05) is 0 Å². The third-order valence-corrected chi connectivity index (χ3v) is 2.51. The van der Waals surface area contributed by atoms with E-state index in [1.807, 2.05) is 20.8 Å². The van der Waals surface area contributed by atoms with Crippen LogP contribution in [0.4, 0.5) is 0 Å². The second-order valence-electron chi connectivity index (χ2n) is 5.50. The molecule has 1 amide bonds. The quantitative estimate of drug-likeness (QED) is 0.554. The lowest BCUT2D eigenvalue weighted by molar-refractivity contribution is -0.144. The number of amides is 1. The van der Waals surface area contributed by atoms with Crippen molar-refractivity contribution < 1.29 is 24.2 Å². The monoisotopic (exact) mass is 288 g/mol. The summed E-state index contributed by atoms with van der Waals surface area (Å²) >= 11 is 0. The Morgan fingerprint density at radius 2 is 1.80 bits per heavy atom. The van der Waals surface area contributed by atoms with Crippen LogP contribution in [0.1, 0.15) is 40.0 Å². The number of carboxylic acids is 1. The lowest BCUT2D eigenvalue weighted by Crippen LogP contribution is -2.43. The molecule has 0 heterocycles. The van der Waals surface area contributed by atoms with Crippen LogP contribution >= 0.6 is 0 Å². The molecule has 20 heavy (non-hydrogen) atoms. The van der Waals surface area contributed by atoms with E-state index in [2.05, 4.69) is 15.4 Å². The SMILES string of the molecule is COC(=O)CC[C@H](NC(=O)CCNC(C)(C)C)C(=O)O. The third kappa shape index (κ3) is 9.32. The van der Waals surface area contributed by atoms with E-state index in [0.29, 0.717) is 6.54 Å². The highest BCUT2D eigenvalue weighted by atomic mass is 16.5. The first-order valence-corrected chi connectivity index (χ1v) is 6.49. The Bertz CT molecular complexity index is 349. The summed E-state index contributed by atoms with van der Waals surface area (Å²) in [4.78, 5) is 33.6. The van der Waals surface area contributed by atoms with Gasteiger partial charge in [-0.2, -0.15) is 0 Å². The highest BCUT2D eigenvalue weighted by Gasteiger charge is 2.21. The fraction of sp³-hybridized carbons (Fsp3) is 0.769. The molecule has 7 heteroatoms. The van der Waals surface area contributed by atoms with Crippen molar-refractivity contribution >= 4 is 17.8 Å². The molecule has 3 N–H and O–H groups in total. The second kappa shape index (κ2) is 8.52. The highest BCUT2D eigenvalue weighted by molar-refractivity contribution is 5.84. The van der Waals surface area contributed by atoms with Gasteiger partial charge in [0, 0.05) is 24.9 Å². The predicted molar refractivity (Wildman–Crippen MR) is 73.2 cm³/mol. The van der Waals surface area contributed by atoms with Crippen molar-refractivity contribution in [1.29, 1.82) is 0 Å². The molecule has 7 nitrogen and oxygen atoms in total. The molecule has 0 rings (SSSR count). The number of aliphatic carboxylic acids is 1. The lowest BCUT2D eigenvalue weighted by Gasteiger charge is -2.20. The Morgan fingerprint density at radius 1 is 1.20 bits per heavy atom. The van der Waals surface area contributed by atoms with Gasteiger partial charge in [-0.05, 0) is 27.2 Å². The summed E-state index contributed by atoms with van der Waals surface area (Å²) in [5, 5.41) is 14.5. The molecular formula is C13H24N2O5. The smallest absolute Gasteiger partial charge is 0.326 e. The second-order valence-corrected chi connectivity index (χ2v) is 5.50. The predicted octanol–water partition coefficient (Wildman–Crippen LogP) is 0.287. The zero-order valence-electron chi connectivity index (χ0n) is 12.5. The van der Waals surface area contributed by atoms with E-state index in [0.717, 1.165) is 0 Å². The van der Waals surface area contributed by atoms with Crippen LogP contribution in [0.15, 0.2) is 0 Å². The number of methoxy groups -OCH3 is 1. The molecule has 0 unspecified atom stereocenters. The number of ether oxygens (including phenoxy) is 1. The van der Waals surface area contributed by atoms with Gasteiger partial charge in [0.2, 0.25) is 5.91 Å². The van der Waals surface area contributed by atoms with Crippen LogP contribution in [0.3, 0.4) is 0 Å². The number of hydrogen-bond acceptors (Lipinski definition) is 5. The van der Waals surface area contributed by atoms with E-state index in [1.54, 1.807) is 0 Å². The van der Waals surface area contributed by atoms with E-state index in [9.17, 15) is 14.4 Å². The minimum Gasteiger partial charge on any atom is -0.480 e. The minimum absolute atomic E-state index is 0.0143. The van der Waals surface area contributed by atoms with Crippen LogP contribution in [-0.2, 0) is 19.1 Å². The highest BCUT2D eigenvalue weighted by Crippen LogP contribution is 2.01. The summed E-state index contributed by atoms with van der Waals surface area (Å²) in [7, 11) is 1.23. The standard InChI is InChI=1S/C13H24N2O5/c1-13(2,3)14-8-7-10(16)15-9(12(18)19)5-6-11(17)20-4/h9,14H,5-8H2,1-4H3,(H,15,16)(H,18,19)/t9-/m0/s1. The van der Waals surface area contributed by atoms with Crippen molar-refractivity contribution in [3.8, 4) is 0 Å². The average Bonchev–Trinajstić information content (AvgIpc) is 2.31. The molecule has 0 aromatic heterocycles. The molecule has 0 aliphatic carbocycles. The molecule has 0 saturated carbocycles. The lowest BCUT2D eigenvalue weighted by atomic mass is 10.1. The van der Waals surface area contributed by atoms with Crippen LogP contribution < -0.4 is 10.6 Å². The van der Waals surface area contributed by atoms with Crippen molar-refractivity contribution in [2.45, 2.75) is 51.6 Å². The van der Waals surface area contributed by atoms with E-state index in [-0.39, 0.29) is 30.7 Å². The van der Waals surface area contributed by atoms with Gasteiger partial charge in [0.05, 0.1) is 7.11 Å². The maximum absolute atomic E-state index is 11.6. The molecule has 0 fully saturated rings. The zero-order valence-corrected chi connectivity index (χ0v) is 12.5. The summed E-state index contributed by atoms with van der Waals surface area (Å²) in [5.74, 6) is -2.02. The maximum Gasteiger partial charge on any atom is 0.326 e. The van der Waals surface area contributed by atoms with Crippen LogP contribution in [0, 0.1) is 0 Å². The molecular weight excluding hydrogens is 264 g/mol. The summed E-state index contributed by atoms with van der Waals surface area (Å²) < 4.78 is 4.43. The molecule has 0 saturated heterocycles. The number of hydrogen-bond donors (Lipinski definition) is 3. The maximum atomic E-state index is 11.6. The number of nitrogens with one attached hydrogen (secondary N) is 2. The van der Waals surface area contributed by atoms with Crippen molar-refractivity contribution in [3.05, 3.63) is 0 Å². The molecule has 116 valence electrons. The first-order chi connectivity index (χ1) is 9.15. The Kier molecular flexibility index (Phi) is 7.83. The van der Waals surface area contributed by atoms with Gasteiger partial charge < -0.3 is 20.5 Å². The van der Waals surface area contributed by atoms with E-state index in [1.165, 1.54) is 7.11 Å². The van der Waals surface area contributed by atoms with Crippen LogP contribution in [0.2, 0.25) is 0 Å². The first kappa shape index (κ1) is 18.4. The summed E-state index contributed by atoms with van der Waals surface area (Å²) in [5.41, 5.74) is -0.0998. The molecule has 0 aromatic rings. The average molecular weight is 288 g/mol. The normalized spacial score (nSPS) is 12.6. The molecule has 0 spiro atoms. The Morgan fingerprint density at radius 3 is 2.25 bits per heavy atom. The van der Waals surface area contributed by atoms with Gasteiger partial charge in [-0.15, -0.1) is 0 Å². The first-order valence-electron chi connectivity index (χ1n) is 6.49. The van der Waals surface area contributed by atoms with Crippen molar-refractivity contribution in [2.24, 2.45) is 0 Å². The van der Waals surface area contributed by atoms with Gasteiger partial charge in [0.15, 0.2) is 0 Å². The van der Waals surface area contributed by atoms with Gasteiger partial charge in [-0.3, -0.25) is 9.59 Å². The number of esters is 1. The van der Waals surface area contributed by atoms with Crippen LogP contribution in [0.5, 0.6) is 0 Å². The Labute approximate surface area is 119 Å². The fourth-order valence-corrected chi connectivity index (χ4v) is 1.44. The van der Waals surface area contributed by atoms with Crippen molar-refractivity contribution in [3.63, 3.8) is 0 Å². The molecule has 0 aliphatic rings. The molecule has 0 bridgehead atoms. The Hall–Kier alpha value is -1.63. The van der Waals surface area contributed by atoms with E-state index < -0.39 is 18.0 Å². The summed E-state index contributed by atoms with van der Waals surface area (Å²) in [6, 6.07) is -1.07. The van der Waals surface area contributed by atoms with Crippen LogP contribution in [-0.4, -0.2) is 48.2 Å². The largest absolute Gasteiger partial charge is 0.480 e. The van der Waals surface area contributed by atoms with Gasteiger partial charge in [0.1, 0.15) is 6.04 Å². The fourth-order valence-electron chi connectivity index (χ4n) is 1.44. The molecule has 0 aliphatic heterocycles. The topological polar surface area (TPSA) is 105 Å². The van der Waals surface area contributed by atoms with Gasteiger partial charge in [-0.25, -0.2) is 4.79 Å². The van der Waals surface area contributed by atoms with Crippen molar-refractivity contribution in [2.75, 3.05) is 13.7 Å². The van der Waals surface area contributed by atoms with E-state index >= 15 is 0 Å². The minimum atomic E-state index is -1.16. The molecule has 0 radical (unpaired) electrons. The number of carbonyl (C=O) groups is 3. The third-order valence-electron chi connectivity index (χ3n) is 2.51. The molecule has 0 aromatic carbocycles. The number of carbonyl (C=O) groups excluding carboxylic acids is 2. The summed E-state index contributed by atoms with van der Waals surface area (Å²) in [6.45, 7) is 6.38. The Balaban J connectivity index is 4.15. The van der Waals surface area contributed by atoms with Gasteiger partial charge >= 0.3 is 11.9 Å². The van der Waals surface area contributed by atoms with Gasteiger partial charge in [0.25, 0.3) is 0 Å². The zero-order chi connectivity index (χ0) is 15.8. The van der Waals surface area contributed by atoms with Crippen LogP contribution in [0.25, 0.3) is 0 Å². The number of rotatable bonds is 8. The summed E-state index contributed by atoms with van der Waals surface area (Å²) in [6.07, 6.45) is 0.147.